The fraction of sp³-hybridized carbons (Fsp3) is 0.385. The molecule has 0 amide bonds. The number of hydrogen-bond donors (Lipinski definition) is 1. The van der Waals surface area contributed by atoms with Gasteiger partial charge in [0.1, 0.15) is 17.3 Å². The molecule has 0 bridgehead atoms. The van der Waals surface area contributed by atoms with Crippen LogP contribution < -0.4 is 9.47 Å². The van der Waals surface area contributed by atoms with E-state index in [-0.39, 0.29) is 0 Å². The minimum atomic E-state index is -1.33. The van der Waals surface area contributed by atoms with Gasteiger partial charge in [0.15, 0.2) is 5.60 Å². The molecule has 0 saturated heterocycles. The number of hydrogen-bond acceptors (Lipinski definition) is 5. The molecule has 3 rings (SSSR count). The van der Waals surface area contributed by atoms with Crippen molar-refractivity contribution in [1.82, 2.24) is 4.98 Å². The number of rotatable bonds is 11. The summed E-state index contributed by atoms with van der Waals surface area (Å²) in [6.45, 7) is 7.53. The molecule has 0 aliphatic heterocycles. The van der Waals surface area contributed by atoms with Gasteiger partial charge in [0.05, 0.1) is 12.3 Å². The van der Waals surface area contributed by atoms with Crippen molar-refractivity contribution in [1.29, 1.82) is 0 Å². The second-order valence-electron chi connectivity index (χ2n) is 8.28. The van der Waals surface area contributed by atoms with Crippen LogP contribution >= 0.6 is 0 Å². The lowest BCUT2D eigenvalue weighted by Crippen LogP contribution is -2.37. The number of unbranched alkanes of at least 4 members (excludes halogenated alkanes) is 1. The lowest BCUT2D eigenvalue weighted by atomic mass is 10.1. The maximum Gasteiger partial charge on any atom is 0.347 e. The second-order valence-corrected chi connectivity index (χ2v) is 8.28. The molecule has 32 heavy (non-hydrogen) atoms. The summed E-state index contributed by atoms with van der Waals surface area (Å²) in [6, 6.07) is 15.3. The number of aliphatic carboxylic acids is 1. The number of ether oxygens (including phenoxy) is 2. The van der Waals surface area contributed by atoms with Gasteiger partial charge >= 0.3 is 5.97 Å². The summed E-state index contributed by atoms with van der Waals surface area (Å²) in [5, 5.41) is 9.35. The lowest BCUT2D eigenvalue weighted by molar-refractivity contribution is -0.152. The number of benzene rings is 2. The molecule has 0 aliphatic rings. The van der Waals surface area contributed by atoms with Crippen LogP contribution in [0.25, 0.3) is 11.5 Å². The van der Waals surface area contributed by atoms with Crippen LogP contribution in [0.3, 0.4) is 0 Å². The molecule has 1 heterocycles. The first-order chi connectivity index (χ1) is 15.3. The first-order valence-corrected chi connectivity index (χ1v) is 11.0. The van der Waals surface area contributed by atoms with E-state index in [2.05, 4.69) is 11.9 Å². The maximum atomic E-state index is 11.4. The van der Waals surface area contributed by atoms with Gasteiger partial charge in [-0.15, -0.1) is 0 Å². The molecule has 170 valence electrons. The third kappa shape index (κ3) is 5.90. The SMILES string of the molecule is CCCCc1ccc(OC(C)(C)C(=O)O)cc1OCCc1nc(-c2ccccc2)oc1C. The normalized spacial score (nSPS) is 11.4. The summed E-state index contributed by atoms with van der Waals surface area (Å²) in [5.74, 6) is 1.54. The molecule has 6 heteroatoms. The van der Waals surface area contributed by atoms with Crippen LogP contribution in [-0.4, -0.2) is 28.3 Å². The highest BCUT2D eigenvalue weighted by atomic mass is 16.5. The molecule has 0 aliphatic carbocycles. The van der Waals surface area contributed by atoms with Crippen LogP contribution in [-0.2, 0) is 17.6 Å². The topological polar surface area (TPSA) is 81.8 Å². The zero-order valence-electron chi connectivity index (χ0n) is 19.2. The average molecular weight is 438 g/mol. The molecule has 3 aromatic rings. The molecule has 0 saturated carbocycles. The van der Waals surface area contributed by atoms with E-state index in [1.54, 1.807) is 12.1 Å². The summed E-state index contributed by atoms with van der Waals surface area (Å²) < 4.78 is 17.6. The number of nitrogens with zero attached hydrogens (tertiary/aromatic N) is 1. The molecule has 1 N–H and O–H groups in total. The third-order valence-electron chi connectivity index (χ3n) is 5.24. The van der Waals surface area contributed by atoms with E-state index in [0.717, 1.165) is 41.8 Å². The average Bonchev–Trinajstić information content (AvgIpc) is 3.14. The Morgan fingerprint density at radius 1 is 1.12 bits per heavy atom. The smallest absolute Gasteiger partial charge is 0.347 e. The number of oxazole rings is 1. The van der Waals surface area contributed by atoms with Crippen molar-refractivity contribution < 1.29 is 23.8 Å². The van der Waals surface area contributed by atoms with Crippen molar-refractivity contribution in [3.63, 3.8) is 0 Å². The van der Waals surface area contributed by atoms with E-state index in [9.17, 15) is 9.90 Å². The van der Waals surface area contributed by atoms with Crippen LogP contribution in [0.2, 0.25) is 0 Å². The molecule has 0 fully saturated rings. The quantitative estimate of drug-likeness (QED) is 0.405. The molecular formula is C26H31NO5. The van der Waals surface area contributed by atoms with Crippen LogP contribution in [0.4, 0.5) is 0 Å². The van der Waals surface area contributed by atoms with E-state index in [0.29, 0.717) is 30.4 Å². The van der Waals surface area contributed by atoms with Crippen molar-refractivity contribution in [2.45, 2.75) is 59.0 Å². The second kappa shape index (κ2) is 10.4. The highest BCUT2D eigenvalue weighted by Crippen LogP contribution is 2.29. The van der Waals surface area contributed by atoms with Crippen molar-refractivity contribution >= 4 is 5.97 Å². The zero-order chi connectivity index (χ0) is 23.1. The monoisotopic (exact) mass is 437 g/mol. The zero-order valence-corrected chi connectivity index (χ0v) is 19.2. The number of aromatic nitrogens is 1. The summed E-state index contributed by atoms with van der Waals surface area (Å²) in [5.41, 5.74) is 1.55. The lowest BCUT2D eigenvalue weighted by Gasteiger charge is -2.22. The van der Waals surface area contributed by atoms with Gasteiger partial charge in [-0.1, -0.05) is 37.6 Å². The molecule has 0 unspecified atom stereocenters. The Hall–Kier alpha value is -3.28. The maximum absolute atomic E-state index is 11.4. The number of carboxylic acid groups (broad SMARTS) is 1. The van der Waals surface area contributed by atoms with Crippen LogP contribution in [0.1, 0.15) is 50.6 Å². The molecule has 0 atom stereocenters. The van der Waals surface area contributed by atoms with E-state index >= 15 is 0 Å². The Morgan fingerprint density at radius 3 is 2.56 bits per heavy atom. The predicted molar refractivity (Wildman–Crippen MR) is 123 cm³/mol. The van der Waals surface area contributed by atoms with Gasteiger partial charge in [0.2, 0.25) is 5.89 Å². The van der Waals surface area contributed by atoms with Crippen molar-refractivity contribution in [2.75, 3.05) is 6.61 Å². The van der Waals surface area contributed by atoms with Gasteiger partial charge in [0, 0.05) is 18.1 Å². The number of carboxylic acids is 1. The van der Waals surface area contributed by atoms with Crippen LogP contribution in [0.5, 0.6) is 11.5 Å². The van der Waals surface area contributed by atoms with Gasteiger partial charge in [-0.25, -0.2) is 9.78 Å². The third-order valence-corrected chi connectivity index (χ3v) is 5.24. The van der Waals surface area contributed by atoms with Crippen LogP contribution in [0.15, 0.2) is 52.9 Å². The highest BCUT2D eigenvalue weighted by molar-refractivity contribution is 5.76. The fourth-order valence-electron chi connectivity index (χ4n) is 3.27. The standard InChI is InChI=1S/C26H31NO5/c1-5-6-10-19-13-14-21(32-26(3,4)25(28)29)17-23(19)30-16-15-22-18(2)31-24(27-22)20-11-8-7-9-12-20/h7-9,11-14,17H,5-6,10,15-16H2,1-4H3,(H,28,29). The van der Waals surface area contributed by atoms with Gasteiger partial charge in [0.25, 0.3) is 0 Å². The van der Waals surface area contributed by atoms with Gasteiger partial charge < -0.3 is 19.0 Å². The minimum Gasteiger partial charge on any atom is -0.493 e. The van der Waals surface area contributed by atoms with E-state index in [1.807, 2.05) is 43.3 Å². The van der Waals surface area contributed by atoms with Crippen molar-refractivity contribution in [3.8, 4) is 23.0 Å². The molecule has 6 nitrogen and oxygen atoms in total. The molecular weight excluding hydrogens is 406 g/mol. The highest BCUT2D eigenvalue weighted by Gasteiger charge is 2.29. The van der Waals surface area contributed by atoms with E-state index in [4.69, 9.17) is 13.9 Å². The van der Waals surface area contributed by atoms with E-state index in [1.165, 1.54) is 13.8 Å². The summed E-state index contributed by atoms with van der Waals surface area (Å²) in [6.07, 6.45) is 3.60. The fourth-order valence-corrected chi connectivity index (χ4v) is 3.27. The van der Waals surface area contributed by atoms with Gasteiger partial charge in [-0.3, -0.25) is 0 Å². The van der Waals surface area contributed by atoms with Crippen LogP contribution in [0, 0.1) is 6.92 Å². The Balaban J connectivity index is 1.72. The first kappa shape index (κ1) is 23.4. The largest absolute Gasteiger partial charge is 0.493 e. The van der Waals surface area contributed by atoms with E-state index < -0.39 is 11.6 Å². The Bertz CT molecular complexity index is 1040. The summed E-state index contributed by atoms with van der Waals surface area (Å²) >= 11 is 0. The van der Waals surface area contributed by atoms with Gasteiger partial charge in [-0.05, 0) is 57.4 Å². The summed E-state index contributed by atoms with van der Waals surface area (Å²) in [4.78, 5) is 16.0. The van der Waals surface area contributed by atoms with Crippen molar-refractivity contribution in [3.05, 3.63) is 65.5 Å². The molecule has 0 radical (unpaired) electrons. The first-order valence-electron chi connectivity index (χ1n) is 11.0. The number of aryl methyl sites for hydroxylation is 2. The van der Waals surface area contributed by atoms with Crippen molar-refractivity contribution in [2.24, 2.45) is 0 Å². The Kier molecular flexibility index (Phi) is 7.57. The summed E-state index contributed by atoms with van der Waals surface area (Å²) in [7, 11) is 0. The number of carbonyl (C=O) groups is 1. The molecule has 2 aromatic carbocycles. The Labute approximate surface area is 189 Å². The molecule has 1 aromatic heterocycles. The predicted octanol–water partition coefficient (Wildman–Crippen LogP) is 5.86. The van der Waals surface area contributed by atoms with Gasteiger partial charge in [-0.2, -0.15) is 0 Å². The molecule has 0 spiro atoms. The Morgan fingerprint density at radius 2 is 1.88 bits per heavy atom. The minimum absolute atomic E-state index is 0.423.